The molecule has 2 aromatic carbocycles. The lowest BCUT2D eigenvalue weighted by atomic mass is 9.81. The highest BCUT2D eigenvalue weighted by Gasteiger charge is 2.49. The van der Waals surface area contributed by atoms with Crippen molar-refractivity contribution in [2.24, 2.45) is 17.8 Å². The van der Waals surface area contributed by atoms with Crippen molar-refractivity contribution in [1.29, 1.82) is 0 Å². The van der Waals surface area contributed by atoms with Gasteiger partial charge in [0.25, 0.3) is 0 Å². The van der Waals surface area contributed by atoms with Crippen molar-refractivity contribution in [3.8, 4) is 11.5 Å². The van der Waals surface area contributed by atoms with Crippen molar-refractivity contribution >= 4 is 35.1 Å². The Kier molecular flexibility index (Phi) is 6.51. The van der Waals surface area contributed by atoms with Gasteiger partial charge in [-0.15, -0.1) is 0 Å². The summed E-state index contributed by atoms with van der Waals surface area (Å²) in [4.78, 5) is 54.2. The monoisotopic (exact) mass is 490 g/mol. The van der Waals surface area contributed by atoms with Crippen LogP contribution >= 0.6 is 0 Å². The molecule has 0 unspecified atom stereocenters. The molecule has 2 aliphatic heterocycles. The van der Waals surface area contributed by atoms with Crippen LogP contribution in [0, 0.1) is 24.7 Å². The lowest BCUT2D eigenvalue weighted by Gasteiger charge is -2.19. The van der Waals surface area contributed by atoms with E-state index in [1.165, 1.54) is 4.90 Å². The molecule has 5 rings (SSSR count). The highest BCUT2D eigenvalue weighted by Crippen LogP contribution is 2.41. The van der Waals surface area contributed by atoms with Gasteiger partial charge in [-0.3, -0.25) is 19.2 Å². The van der Waals surface area contributed by atoms with Gasteiger partial charge in [0.2, 0.25) is 17.7 Å². The van der Waals surface area contributed by atoms with Gasteiger partial charge >= 0.3 is 5.97 Å². The van der Waals surface area contributed by atoms with Crippen LogP contribution in [-0.2, 0) is 19.2 Å². The number of benzene rings is 2. The van der Waals surface area contributed by atoms with E-state index in [9.17, 15) is 19.2 Å². The number of carbonyl (C=O) groups is 4. The number of ether oxygens (including phenoxy) is 2. The number of hydrogen-bond acceptors (Lipinski definition) is 6. The summed E-state index contributed by atoms with van der Waals surface area (Å²) in [7, 11) is 0. The quantitative estimate of drug-likeness (QED) is 0.345. The molecule has 188 valence electrons. The average Bonchev–Trinajstić information content (AvgIpc) is 3.38. The maximum Gasteiger partial charge on any atom is 0.316 e. The van der Waals surface area contributed by atoms with E-state index in [1.807, 2.05) is 6.92 Å². The normalized spacial score (nSPS) is 23.7. The second kappa shape index (κ2) is 9.76. The number of fused-ring (bicyclic) bond motifs is 1. The van der Waals surface area contributed by atoms with Crippen LogP contribution in [-0.4, -0.2) is 36.8 Å². The third kappa shape index (κ3) is 4.36. The Morgan fingerprint density at radius 2 is 1.58 bits per heavy atom. The number of aryl methyl sites for hydroxylation is 1. The van der Waals surface area contributed by atoms with Crippen LogP contribution in [0.2, 0.25) is 0 Å². The Hall–Kier alpha value is -3.68. The van der Waals surface area contributed by atoms with Crippen LogP contribution in [0.5, 0.6) is 11.5 Å². The van der Waals surface area contributed by atoms with Crippen molar-refractivity contribution in [1.82, 2.24) is 0 Å². The van der Waals surface area contributed by atoms with Gasteiger partial charge in [-0.1, -0.05) is 12.8 Å². The van der Waals surface area contributed by atoms with Gasteiger partial charge in [0.15, 0.2) is 0 Å². The number of esters is 1. The minimum Gasteiger partial charge on any atom is -0.494 e. The first-order valence-electron chi connectivity index (χ1n) is 12.6. The van der Waals surface area contributed by atoms with Crippen LogP contribution < -0.4 is 19.3 Å². The molecule has 1 saturated carbocycles. The molecule has 3 amide bonds. The molecule has 3 atom stereocenters. The fourth-order valence-electron chi connectivity index (χ4n) is 5.55. The van der Waals surface area contributed by atoms with Crippen molar-refractivity contribution in [3.05, 3.63) is 48.0 Å². The maximum absolute atomic E-state index is 12.9. The van der Waals surface area contributed by atoms with Gasteiger partial charge in [0, 0.05) is 18.7 Å². The summed E-state index contributed by atoms with van der Waals surface area (Å²) < 4.78 is 11.0. The standard InChI is InChI=1S/C28H30N2O6/c1-3-35-20-10-8-19(9-11-20)29-16-18(15-25(29)31)28(34)36-21-12-13-24(17(2)14-21)30-26(32)22-6-4-5-7-23(22)27(30)33/h8-14,18,22-23H,3-7,15-16H2,1-2H3/t18-,22+,23+/m1/s1. The molecule has 3 aliphatic rings. The third-order valence-electron chi connectivity index (χ3n) is 7.39. The molecule has 1 aliphatic carbocycles. The number of carbonyl (C=O) groups excluding carboxylic acids is 4. The van der Waals surface area contributed by atoms with Gasteiger partial charge in [0.1, 0.15) is 11.5 Å². The van der Waals surface area contributed by atoms with E-state index < -0.39 is 11.9 Å². The molecule has 0 aromatic heterocycles. The predicted octanol–water partition coefficient (Wildman–Crippen LogP) is 4.03. The molecule has 2 heterocycles. The lowest BCUT2D eigenvalue weighted by molar-refractivity contribution is -0.139. The Balaban J connectivity index is 1.25. The first-order chi connectivity index (χ1) is 17.4. The van der Waals surface area contributed by atoms with Crippen molar-refractivity contribution in [3.63, 3.8) is 0 Å². The summed E-state index contributed by atoms with van der Waals surface area (Å²) in [5.41, 5.74) is 1.93. The number of rotatable bonds is 6. The summed E-state index contributed by atoms with van der Waals surface area (Å²) in [6.45, 7) is 4.49. The Morgan fingerprint density at radius 3 is 2.19 bits per heavy atom. The van der Waals surface area contributed by atoms with E-state index in [4.69, 9.17) is 9.47 Å². The van der Waals surface area contributed by atoms with Gasteiger partial charge in [-0.05, 0) is 74.7 Å². The minimum atomic E-state index is -0.589. The second-order valence-corrected chi connectivity index (χ2v) is 9.71. The topological polar surface area (TPSA) is 93.2 Å². The highest BCUT2D eigenvalue weighted by atomic mass is 16.5. The zero-order valence-corrected chi connectivity index (χ0v) is 20.6. The third-order valence-corrected chi connectivity index (χ3v) is 7.39. The Bertz CT molecular complexity index is 1180. The molecule has 36 heavy (non-hydrogen) atoms. The second-order valence-electron chi connectivity index (χ2n) is 9.71. The number of amides is 3. The molecule has 2 aromatic rings. The first kappa shape index (κ1) is 24.0. The van der Waals surface area contributed by atoms with Crippen LogP contribution in [0.15, 0.2) is 42.5 Å². The SMILES string of the molecule is CCOc1ccc(N2C[C@H](C(=O)Oc3ccc(N4C(=O)[C@H]5CCCC[C@@H]5C4=O)c(C)c3)CC2=O)cc1. The summed E-state index contributed by atoms with van der Waals surface area (Å²) in [5.74, 6) is -0.864. The van der Waals surface area contributed by atoms with Gasteiger partial charge in [-0.25, -0.2) is 4.90 Å². The van der Waals surface area contributed by atoms with Crippen LogP contribution in [0.1, 0.15) is 44.6 Å². The molecule has 0 N–H and O–H groups in total. The Morgan fingerprint density at radius 1 is 0.944 bits per heavy atom. The smallest absolute Gasteiger partial charge is 0.316 e. The van der Waals surface area contributed by atoms with E-state index in [1.54, 1.807) is 54.3 Å². The number of hydrogen-bond donors (Lipinski definition) is 0. The van der Waals surface area contributed by atoms with Crippen LogP contribution in [0.25, 0.3) is 0 Å². The maximum atomic E-state index is 12.9. The number of anilines is 2. The van der Waals surface area contributed by atoms with E-state index in [-0.39, 0.29) is 42.5 Å². The van der Waals surface area contributed by atoms with Crippen LogP contribution in [0.4, 0.5) is 11.4 Å². The summed E-state index contributed by atoms with van der Waals surface area (Å²) in [6.07, 6.45) is 3.54. The number of nitrogens with zero attached hydrogens (tertiary/aromatic N) is 2. The molecule has 3 fully saturated rings. The molecule has 8 heteroatoms. The van der Waals surface area contributed by atoms with Gasteiger partial charge < -0.3 is 14.4 Å². The molecule has 0 spiro atoms. The minimum absolute atomic E-state index is 0.0721. The fraction of sp³-hybridized carbons (Fsp3) is 0.429. The molecule has 2 saturated heterocycles. The lowest BCUT2D eigenvalue weighted by Crippen LogP contribution is -2.31. The number of imide groups is 1. The Labute approximate surface area is 210 Å². The van der Waals surface area contributed by atoms with Crippen molar-refractivity contribution < 1.29 is 28.7 Å². The van der Waals surface area contributed by atoms with E-state index in [0.717, 1.165) is 31.4 Å². The van der Waals surface area contributed by atoms with E-state index in [2.05, 4.69) is 0 Å². The fourth-order valence-corrected chi connectivity index (χ4v) is 5.55. The largest absolute Gasteiger partial charge is 0.494 e. The zero-order valence-electron chi connectivity index (χ0n) is 20.6. The molecular formula is C28H30N2O6. The van der Waals surface area contributed by atoms with Crippen LogP contribution in [0.3, 0.4) is 0 Å². The predicted molar refractivity (Wildman–Crippen MR) is 133 cm³/mol. The molecular weight excluding hydrogens is 460 g/mol. The average molecular weight is 491 g/mol. The van der Waals surface area contributed by atoms with Gasteiger partial charge in [-0.2, -0.15) is 0 Å². The van der Waals surface area contributed by atoms with Gasteiger partial charge in [0.05, 0.1) is 30.0 Å². The van der Waals surface area contributed by atoms with Crippen molar-refractivity contribution in [2.75, 3.05) is 23.0 Å². The highest BCUT2D eigenvalue weighted by molar-refractivity contribution is 6.22. The molecule has 0 radical (unpaired) electrons. The molecule has 8 nitrogen and oxygen atoms in total. The first-order valence-corrected chi connectivity index (χ1v) is 12.6. The summed E-state index contributed by atoms with van der Waals surface area (Å²) >= 11 is 0. The zero-order chi connectivity index (χ0) is 25.4. The van der Waals surface area contributed by atoms with Crippen molar-refractivity contribution in [2.45, 2.75) is 46.0 Å². The summed E-state index contributed by atoms with van der Waals surface area (Å²) in [6, 6.07) is 12.1. The van der Waals surface area contributed by atoms with E-state index >= 15 is 0 Å². The van der Waals surface area contributed by atoms with E-state index in [0.29, 0.717) is 29.3 Å². The summed E-state index contributed by atoms with van der Waals surface area (Å²) in [5, 5.41) is 0. The molecule has 0 bridgehead atoms.